The van der Waals surface area contributed by atoms with E-state index in [4.69, 9.17) is 0 Å². The number of fused-ring (bicyclic) bond motifs is 20. The lowest BCUT2D eigenvalue weighted by molar-refractivity contribution is -0.133. The highest BCUT2D eigenvalue weighted by molar-refractivity contribution is 7.99. The number of aliphatic hydroxyl groups is 4. The second kappa shape index (κ2) is 32.4. The average molecular weight is 1530 g/mol. The van der Waals surface area contributed by atoms with Crippen molar-refractivity contribution in [2.75, 3.05) is 51.3 Å². The maximum atomic E-state index is 13.4. The molecule has 16 saturated carbocycles. The minimum absolute atomic E-state index is 0.265. The van der Waals surface area contributed by atoms with Gasteiger partial charge >= 0.3 is 0 Å². The van der Waals surface area contributed by atoms with Gasteiger partial charge in [-0.15, -0.1) is 0 Å². The summed E-state index contributed by atoms with van der Waals surface area (Å²) >= 11 is 1.70. The number of Topliss-reactive ketones (excluding diaryl/α,β-unsaturated/α-hetero) is 2. The summed E-state index contributed by atoms with van der Waals surface area (Å²) in [7, 11) is 0. The van der Waals surface area contributed by atoms with Gasteiger partial charge in [0.15, 0.2) is 0 Å². The molecule has 0 unspecified atom stereocenters. The Bertz CT molecular complexity index is 3350. The molecule has 1 aromatic rings. The van der Waals surface area contributed by atoms with E-state index in [2.05, 4.69) is 93.4 Å². The molecule has 110 heavy (non-hydrogen) atoms. The molecule has 0 radical (unpaired) electrons. The minimum atomic E-state index is -0.420. The van der Waals surface area contributed by atoms with Crippen LogP contribution in [0.15, 0.2) is 43.0 Å². The van der Waals surface area contributed by atoms with Crippen LogP contribution in [0.1, 0.15) is 319 Å². The molecule has 618 valence electrons. The number of rotatable bonds is 12. The molecule has 32 atom stereocenters. The van der Waals surface area contributed by atoms with E-state index in [9.17, 15) is 30.0 Å². The summed E-state index contributed by atoms with van der Waals surface area (Å²) in [5, 5.41) is 42.3. The number of carbonyl (C=O) groups excluding carboxylic acids is 2. The summed E-state index contributed by atoms with van der Waals surface area (Å²) in [6.45, 7) is 35.4. The molecule has 0 amide bonds. The molecule has 10 nitrogen and oxygen atoms in total. The summed E-state index contributed by atoms with van der Waals surface area (Å²) < 4.78 is 2.18. The van der Waals surface area contributed by atoms with E-state index in [1.807, 2.05) is 19.4 Å². The molecule has 1 aromatic heterocycles. The number of carbonyl (C=O) groups is 2. The lowest BCUT2D eigenvalue weighted by Gasteiger charge is -2.57. The van der Waals surface area contributed by atoms with Crippen LogP contribution >= 0.6 is 11.8 Å². The van der Waals surface area contributed by atoms with E-state index in [-0.39, 0.29) is 16.4 Å². The van der Waals surface area contributed by atoms with Crippen molar-refractivity contribution in [2.45, 2.75) is 348 Å². The van der Waals surface area contributed by atoms with E-state index < -0.39 is 16.8 Å². The molecular formula is C99H160N4O6S. The topological polar surface area (TPSA) is 139 Å². The number of piperidine rings is 1. The maximum Gasteiger partial charge on any atom is 0.150 e. The Kier molecular flexibility index (Phi) is 24.1. The SMILES string of the molecule is C=C(CN1CCCC1)[C@H]1CC[C@H]2[C@@H]3CC[C@H]4C[C@](C)(O)CC[C@@H]4[C@H]3CC[C@]12C.C=C(Cn1ccnc1)[C@H]1CC[C@H]2[C@@H]3CC[C@H]4C[C@](C)(O)CC[C@@H]4[C@H]3CC[C@]12C.CSCC(=O)[C@H]1CC[C@H]2[C@@H]3CC[C@H]4C[C@](C)(O)CC[C@@H]4[C@H]3CC[C@]12C.C[C@@]1(O)CC[C@H]2[C@@H](CC[C@@H]3[C@@H]2CC[C@]2(C)[C@@H](C(=O)CN4CCCCC4)CC[C@@H]32)C1. The minimum Gasteiger partial charge on any atom is -0.390 e. The fraction of sp³-hybridized carbons (Fsp3) is 0.909. The van der Waals surface area contributed by atoms with Gasteiger partial charge in [-0.05, 0) is 469 Å². The zero-order chi connectivity index (χ0) is 77.1. The van der Waals surface area contributed by atoms with Crippen molar-refractivity contribution in [3.8, 4) is 0 Å². The Balaban J connectivity index is 0.000000112. The quantitative estimate of drug-likeness (QED) is 0.150. The highest BCUT2D eigenvalue weighted by atomic mass is 32.2. The fourth-order valence-electron chi connectivity index (χ4n) is 34.5. The highest BCUT2D eigenvalue weighted by Gasteiger charge is 2.64. The second-order valence-corrected chi connectivity index (χ2v) is 46.5. The molecule has 2 aliphatic heterocycles. The van der Waals surface area contributed by atoms with Gasteiger partial charge in [0.05, 0.1) is 41.0 Å². The molecule has 0 bridgehead atoms. The van der Waals surface area contributed by atoms with Gasteiger partial charge < -0.3 is 25.0 Å². The lowest BCUT2D eigenvalue weighted by Crippen LogP contribution is -2.51. The van der Waals surface area contributed by atoms with Crippen LogP contribution in [-0.2, 0) is 16.1 Å². The summed E-state index contributed by atoms with van der Waals surface area (Å²) in [4.78, 5) is 35.4. The molecule has 0 spiro atoms. The zero-order valence-electron chi connectivity index (χ0n) is 71.5. The molecular weight excluding hydrogens is 1370 g/mol. The van der Waals surface area contributed by atoms with Crippen LogP contribution in [-0.4, -0.2) is 125 Å². The molecule has 0 aromatic carbocycles. The highest BCUT2D eigenvalue weighted by Crippen LogP contribution is 2.71. The summed E-state index contributed by atoms with van der Waals surface area (Å²) in [6, 6.07) is 0. The third kappa shape index (κ3) is 16.0. The van der Waals surface area contributed by atoms with Crippen LogP contribution in [0.2, 0.25) is 0 Å². The van der Waals surface area contributed by atoms with Crippen molar-refractivity contribution in [1.29, 1.82) is 0 Å². The number of aromatic nitrogens is 2. The average Bonchev–Trinajstić information content (AvgIpc) is 1.53. The zero-order valence-corrected chi connectivity index (χ0v) is 72.3. The number of thioether (sulfide) groups is 1. The van der Waals surface area contributed by atoms with Crippen LogP contribution in [0.5, 0.6) is 0 Å². The van der Waals surface area contributed by atoms with E-state index in [0.717, 1.165) is 215 Å². The molecule has 3 heterocycles. The number of allylic oxidation sites excluding steroid dienone is 1. The second-order valence-electron chi connectivity index (χ2n) is 45.6. The van der Waals surface area contributed by atoms with Crippen molar-refractivity contribution in [3.63, 3.8) is 0 Å². The normalized spacial score (nSPS) is 50.4. The molecule has 18 fully saturated rings. The standard InChI is InChI=1S/C26H43NO2.C26H43NO.C25H38N2O.C22H36O2S/c1-25(29)12-10-19-18(16-25)6-7-21-20(19)11-13-26(2)22(21)8-9-23(26)24(28)17-27-14-4-3-5-15-27;1-18(17-27-14-4-5-15-27)23-8-9-24-22-7-6-19-16-25(2,28)12-10-20(19)21(22)11-13-26(23,24)3;1-17(15-27-13-12-26-16-27)22-6-7-23-21-5-4-18-14-24(2,28)10-8-19(18)20(21)9-11-25(22,23)3;1-21(24)10-8-15-14(12-21)4-5-17-16(15)9-11-22(2)18(17)6-7-19(22)20(23)13-25-3/h18-23,29H,3-17H2,1-2H3;19-24,28H,1,4-17H2,2-3H3;12-13,16,18-23,28H,1,4-11,14-15H2,2-3H3;14-19,24H,4-13H2,1-3H3/t18-,19-,20+,21+,22-,23+,25+,26-;19-,20-,21+,22+,23+,24-,25+,26+;18-,19-,20+,21+,22+,23-,24+,25+;14-,15-,16+,17+,18-,19+,21+,22-/m0000/s1. The first-order chi connectivity index (χ1) is 52.5. The monoisotopic (exact) mass is 1530 g/mol. The third-order valence-corrected chi connectivity index (χ3v) is 40.0. The summed E-state index contributed by atoms with van der Waals surface area (Å²) in [5.41, 5.74) is 2.87. The Morgan fingerprint density at radius 3 is 1.02 bits per heavy atom. The van der Waals surface area contributed by atoms with Gasteiger partial charge in [-0.3, -0.25) is 19.4 Å². The van der Waals surface area contributed by atoms with Crippen molar-refractivity contribution < 1.29 is 30.0 Å². The van der Waals surface area contributed by atoms with Crippen molar-refractivity contribution in [3.05, 3.63) is 43.0 Å². The van der Waals surface area contributed by atoms with E-state index in [1.165, 1.54) is 224 Å². The van der Waals surface area contributed by atoms with E-state index in [0.29, 0.717) is 45.9 Å². The van der Waals surface area contributed by atoms with Crippen molar-refractivity contribution in [2.24, 2.45) is 164 Å². The molecule has 2 saturated heterocycles. The first-order valence-corrected chi connectivity index (χ1v) is 49.1. The fourth-order valence-corrected chi connectivity index (χ4v) is 35.0. The molecule has 4 N–H and O–H groups in total. The lowest BCUT2D eigenvalue weighted by atomic mass is 9.49. The first-order valence-electron chi connectivity index (χ1n) is 47.7. The Hall–Kier alpha value is -1.86. The largest absolute Gasteiger partial charge is 0.390 e. The van der Waals surface area contributed by atoms with Gasteiger partial charge in [0.1, 0.15) is 11.6 Å². The van der Waals surface area contributed by atoms with Gasteiger partial charge in [-0.25, -0.2) is 4.98 Å². The van der Waals surface area contributed by atoms with Crippen molar-refractivity contribution in [1.82, 2.24) is 19.4 Å². The van der Waals surface area contributed by atoms with E-state index >= 15 is 0 Å². The third-order valence-electron chi connectivity index (χ3n) is 39.4. The Morgan fingerprint density at radius 2 is 0.673 bits per heavy atom. The van der Waals surface area contributed by atoms with Gasteiger partial charge in [0, 0.05) is 37.3 Å². The maximum absolute atomic E-state index is 13.4. The molecule has 18 aliphatic rings. The van der Waals surface area contributed by atoms with Crippen LogP contribution in [0, 0.1) is 164 Å². The van der Waals surface area contributed by atoms with Gasteiger partial charge in [-0.1, -0.05) is 58.4 Å². The number of hydrogen-bond donors (Lipinski definition) is 4. The molecule has 19 rings (SSSR count). The summed E-state index contributed by atoms with van der Waals surface area (Å²) in [5.74, 6) is 21.1. The van der Waals surface area contributed by atoms with E-state index in [1.54, 1.807) is 17.3 Å². The van der Waals surface area contributed by atoms with Crippen LogP contribution in [0.4, 0.5) is 0 Å². The van der Waals surface area contributed by atoms with Gasteiger partial charge in [0.2, 0.25) is 0 Å². The molecule has 16 aliphatic carbocycles. The van der Waals surface area contributed by atoms with Gasteiger partial charge in [0.25, 0.3) is 0 Å². The first kappa shape index (κ1) is 81.9. The van der Waals surface area contributed by atoms with Crippen LogP contribution < -0.4 is 0 Å². The number of likely N-dealkylation sites (tertiary alicyclic amines) is 2. The number of imidazole rings is 1. The van der Waals surface area contributed by atoms with Crippen LogP contribution in [0.3, 0.4) is 0 Å². The predicted molar refractivity (Wildman–Crippen MR) is 450 cm³/mol. The van der Waals surface area contributed by atoms with Gasteiger partial charge in [-0.2, -0.15) is 11.8 Å². The Morgan fingerprint density at radius 1 is 0.364 bits per heavy atom. The smallest absolute Gasteiger partial charge is 0.150 e. The van der Waals surface area contributed by atoms with Crippen LogP contribution in [0.25, 0.3) is 0 Å². The Labute approximate surface area is 674 Å². The molecule has 11 heteroatoms. The number of hydrogen-bond acceptors (Lipinski definition) is 10. The van der Waals surface area contributed by atoms with Crippen molar-refractivity contribution >= 4 is 23.3 Å². The summed E-state index contributed by atoms with van der Waals surface area (Å²) in [6.07, 6.45) is 60.1. The predicted octanol–water partition coefficient (Wildman–Crippen LogP) is 21.1. The number of ketones is 2. The number of nitrogens with zero attached hydrogens (tertiary/aromatic N) is 4.